The molecule has 1 atom stereocenters. The highest BCUT2D eigenvalue weighted by Crippen LogP contribution is 2.42. The molecule has 0 saturated carbocycles. The van der Waals surface area contributed by atoms with Gasteiger partial charge in [0, 0.05) is 32.1 Å². The van der Waals surface area contributed by atoms with Crippen LogP contribution in [0.25, 0.3) is 0 Å². The van der Waals surface area contributed by atoms with Crippen molar-refractivity contribution in [3.8, 4) is 0 Å². The lowest BCUT2D eigenvalue weighted by molar-refractivity contribution is -0.121. The van der Waals surface area contributed by atoms with Crippen LogP contribution < -0.4 is 20.9 Å². The Morgan fingerprint density at radius 2 is 1.70 bits per heavy atom. The number of carbonyl (C=O) groups is 2. The number of halogens is 4. The average Bonchev–Trinajstić information content (AvgIpc) is 3.37. The minimum absolute atomic E-state index is 0.113. The molecule has 1 unspecified atom stereocenters. The van der Waals surface area contributed by atoms with Gasteiger partial charge >= 0.3 is 6.18 Å². The number of piperidine rings is 2. The number of amides is 2. The number of nitrogens with zero attached hydrogens (tertiary/aromatic N) is 4. The van der Waals surface area contributed by atoms with Crippen LogP contribution in [0.5, 0.6) is 0 Å². The SMILES string of the molecule is NC(=O)C1=C(C(F)(F)F)N(c2ccc(N3CCC(C(=O)Nc4ccccc4F)CC3)nc2)C(N2CCCCC2)O1. The standard InChI is InChI=1S/C27H30F4N6O3/c28-19-6-2-3-7-20(19)34-25(39)17-10-14-35(15-11-17)21-9-8-18(16-33-21)37-23(27(29,30)31)22(24(32)38)40-26(37)36-12-4-1-5-13-36/h2-3,6-9,16-17,26H,1,4-5,10-15H2,(H2,32,38)(H,34,39). The number of primary amides is 1. The Kier molecular flexibility index (Phi) is 7.83. The summed E-state index contributed by atoms with van der Waals surface area (Å²) in [6, 6.07) is 9.08. The third-order valence-corrected chi connectivity index (χ3v) is 7.43. The first-order valence-corrected chi connectivity index (χ1v) is 13.2. The molecule has 214 valence electrons. The monoisotopic (exact) mass is 562 g/mol. The first kappa shape index (κ1) is 27.7. The van der Waals surface area contributed by atoms with Crippen LogP contribution in [0, 0.1) is 11.7 Å². The molecule has 2 saturated heterocycles. The van der Waals surface area contributed by atoms with Gasteiger partial charge in [-0.15, -0.1) is 0 Å². The number of alkyl halides is 3. The number of para-hydroxylation sites is 1. The van der Waals surface area contributed by atoms with E-state index in [2.05, 4.69) is 10.3 Å². The first-order chi connectivity index (χ1) is 19.1. The van der Waals surface area contributed by atoms with E-state index in [4.69, 9.17) is 10.5 Å². The fraction of sp³-hybridized carbons (Fsp3) is 0.444. The van der Waals surface area contributed by atoms with E-state index in [1.165, 1.54) is 24.4 Å². The van der Waals surface area contributed by atoms with Gasteiger partial charge in [-0.1, -0.05) is 18.6 Å². The quantitative estimate of drug-likeness (QED) is 0.514. The zero-order chi connectivity index (χ0) is 28.4. The highest BCUT2D eigenvalue weighted by Gasteiger charge is 2.52. The number of ether oxygens (including phenoxy) is 1. The molecule has 9 nitrogen and oxygen atoms in total. The van der Waals surface area contributed by atoms with Crippen LogP contribution >= 0.6 is 0 Å². The molecule has 2 amide bonds. The summed E-state index contributed by atoms with van der Waals surface area (Å²) in [6.45, 7) is 2.02. The summed E-state index contributed by atoms with van der Waals surface area (Å²) < 4.78 is 62.0. The fourth-order valence-electron chi connectivity index (χ4n) is 5.38. The van der Waals surface area contributed by atoms with Gasteiger partial charge in [0.15, 0.2) is 5.70 Å². The van der Waals surface area contributed by atoms with Crippen LogP contribution in [0.3, 0.4) is 0 Å². The van der Waals surface area contributed by atoms with Gasteiger partial charge in [0.25, 0.3) is 5.91 Å². The van der Waals surface area contributed by atoms with Crippen LogP contribution in [0.1, 0.15) is 32.1 Å². The number of benzene rings is 1. The summed E-state index contributed by atoms with van der Waals surface area (Å²) in [6.07, 6.45) is -1.17. The number of nitrogens with two attached hydrogens (primary N) is 1. The molecule has 0 bridgehead atoms. The third kappa shape index (κ3) is 5.69. The van der Waals surface area contributed by atoms with Crippen molar-refractivity contribution in [2.75, 3.05) is 41.3 Å². The number of carbonyl (C=O) groups excluding carboxylic acids is 2. The third-order valence-electron chi connectivity index (χ3n) is 7.43. The number of hydrogen-bond acceptors (Lipinski definition) is 7. The zero-order valence-corrected chi connectivity index (χ0v) is 21.7. The number of pyridine rings is 1. The maximum absolute atomic E-state index is 14.2. The summed E-state index contributed by atoms with van der Waals surface area (Å²) in [4.78, 5) is 33.6. The number of anilines is 3. The molecular formula is C27H30F4N6O3. The smallest absolute Gasteiger partial charge is 0.435 e. The van der Waals surface area contributed by atoms with E-state index >= 15 is 0 Å². The van der Waals surface area contributed by atoms with E-state index in [0.717, 1.165) is 24.2 Å². The summed E-state index contributed by atoms with van der Waals surface area (Å²) >= 11 is 0. The molecule has 0 radical (unpaired) electrons. The molecule has 2 aromatic rings. The van der Waals surface area contributed by atoms with Gasteiger partial charge in [0.1, 0.15) is 11.6 Å². The van der Waals surface area contributed by atoms with Crippen LogP contribution in [0.4, 0.5) is 34.8 Å². The molecule has 3 aliphatic heterocycles. The Hall–Kier alpha value is -3.87. The summed E-state index contributed by atoms with van der Waals surface area (Å²) in [7, 11) is 0. The molecule has 0 aliphatic carbocycles. The maximum Gasteiger partial charge on any atom is 0.435 e. The van der Waals surface area contributed by atoms with Gasteiger partial charge in [0.05, 0.1) is 17.6 Å². The van der Waals surface area contributed by atoms with E-state index in [-0.39, 0.29) is 23.2 Å². The number of likely N-dealkylation sites (tertiary alicyclic amines) is 1. The van der Waals surface area contributed by atoms with Crippen LogP contribution in [0.2, 0.25) is 0 Å². The van der Waals surface area contributed by atoms with Gasteiger partial charge in [-0.25, -0.2) is 9.37 Å². The maximum atomic E-state index is 14.2. The van der Waals surface area contributed by atoms with Crippen molar-refractivity contribution in [1.29, 1.82) is 0 Å². The molecule has 5 rings (SSSR count). The summed E-state index contributed by atoms with van der Waals surface area (Å²) in [5.74, 6) is -2.74. The van der Waals surface area contributed by atoms with Crippen LogP contribution in [-0.2, 0) is 14.3 Å². The molecule has 3 N–H and O–H groups in total. The van der Waals surface area contributed by atoms with Crippen molar-refractivity contribution in [2.24, 2.45) is 11.7 Å². The lowest BCUT2D eigenvalue weighted by atomic mass is 9.95. The average molecular weight is 563 g/mol. The molecule has 1 aromatic carbocycles. The Labute approximate surface area is 228 Å². The molecule has 1 aromatic heterocycles. The summed E-state index contributed by atoms with van der Waals surface area (Å²) in [5.41, 5.74) is 4.29. The van der Waals surface area contributed by atoms with Gasteiger partial charge in [0.2, 0.25) is 18.0 Å². The first-order valence-electron chi connectivity index (χ1n) is 13.2. The van der Waals surface area contributed by atoms with Gasteiger partial charge in [-0.2, -0.15) is 13.2 Å². The van der Waals surface area contributed by atoms with E-state index < -0.39 is 35.7 Å². The van der Waals surface area contributed by atoms with Crippen molar-refractivity contribution >= 4 is 29.0 Å². The van der Waals surface area contributed by atoms with Crippen molar-refractivity contribution in [3.63, 3.8) is 0 Å². The highest BCUT2D eigenvalue weighted by molar-refractivity contribution is 5.93. The Morgan fingerprint density at radius 1 is 1.00 bits per heavy atom. The predicted molar refractivity (Wildman–Crippen MR) is 139 cm³/mol. The molecule has 2 fully saturated rings. The normalized spacial score (nSPS) is 20.9. The van der Waals surface area contributed by atoms with E-state index in [1.54, 1.807) is 23.1 Å². The van der Waals surface area contributed by atoms with Crippen molar-refractivity contribution < 1.29 is 31.9 Å². The molecule has 40 heavy (non-hydrogen) atoms. The van der Waals surface area contributed by atoms with Gasteiger partial charge in [-0.05, 0) is 49.9 Å². The minimum atomic E-state index is -4.89. The summed E-state index contributed by atoms with van der Waals surface area (Å²) in [5, 5.41) is 2.63. The van der Waals surface area contributed by atoms with E-state index in [1.807, 2.05) is 4.90 Å². The minimum Gasteiger partial charge on any atom is -0.449 e. The molecule has 13 heteroatoms. The number of hydrogen-bond donors (Lipinski definition) is 2. The van der Waals surface area contributed by atoms with Crippen molar-refractivity contribution in [3.05, 3.63) is 59.9 Å². The fourth-order valence-corrected chi connectivity index (χ4v) is 5.38. The topological polar surface area (TPSA) is 104 Å². The Morgan fingerprint density at radius 3 is 2.30 bits per heavy atom. The lowest BCUT2D eigenvalue weighted by Gasteiger charge is -2.38. The lowest BCUT2D eigenvalue weighted by Crippen LogP contribution is -2.50. The molecular weight excluding hydrogens is 532 g/mol. The van der Waals surface area contributed by atoms with Crippen LogP contribution in [0.15, 0.2) is 54.1 Å². The Bertz CT molecular complexity index is 1270. The number of aromatic nitrogens is 1. The second-order valence-electron chi connectivity index (χ2n) is 10.1. The number of allylic oxidation sites excluding steroid dienone is 1. The van der Waals surface area contributed by atoms with Crippen molar-refractivity contribution in [2.45, 2.75) is 44.6 Å². The highest BCUT2D eigenvalue weighted by atomic mass is 19.4. The number of nitrogens with one attached hydrogen (secondary N) is 1. The van der Waals surface area contributed by atoms with E-state index in [9.17, 15) is 27.2 Å². The predicted octanol–water partition coefficient (Wildman–Crippen LogP) is 3.94. The van der Waals surface area contributed by atoms with E-state index in [0.29, 0.717) is 44.8 Å². The molecule has 4 heterocycles. The number of rotatable bonds is 6. The van der Waals surface area contributed by atoms with Gasteiger partial charge in [-0.3, -0.25) is 19.4 Å². The van der Waals surface area contributed by atoms with Crippen LogP contribution in [-0.4, -0.2) is 60.4 Å². The van der Waals surface area contributed by atoms with Crippen molar-refractivity contribution in [1.82, 2.24) is 9.88 Å². The second-order valence-corrected chi connectivity index (χ2v) is 10.1. The molecule has 0 spiro atoms. The molecule has 3 aliphatic rings. The largest absolute Gasteiger partial charge is 0.449 e. The zero-order valence-electron chi connectivity index (χ0n) is 21.7. The second kappa shape index (κ2) is 11.3. The Balaban J connectivity index is 1.30. The van der Waals surface area contributed by atoms with Gasteiger partial charge < -0.3 is 20.7 Å².